The fraction of sp³-hybridized carbons (Fsp3) is 0.0526. The normalized spacial score (nSPS) is 16.2. The maximum absolute atomic E-state index is 4.19. The molecule has 1 aliphatic heterocycles. The van der Waals surface area contributed by atoms with Gasteiger partial charge >= 0.3 is 0 Å². The van der Waals surface area contributed by atoms with E-state index in [-0.39, 0.29) is 0 Å². The molecule has 0 fully saturated rings. The molecule has 118 valence electrons. The van der Waals surface area contributed by atoms with E-state index >= 15 is 0 Å². The Morgan fingerprint density at radius 3 is 2.71 bits per heavy atom. The molecule has 0 saturated carbocycles. The van der Waals surface area contributed by atoms with E-state index in [1.165, 1.54) is 14.6 Å². The van der Waals surface area contributed by atoms with Crippen molar-refractivity contribution in [1.29, 1.82) is 0 Å². The molecular formula is C19H14N2S3. The van der Waals surface area contributed by atoms with Crippen LogP contribution in [0.4, 0.5) is 5.69 Å². The number of hydrogen-bond donors (Lipinski definition) is 1. The molecule has 1 unspecified atom stereocenters. The fourth-order valence-corrected chi connectivity index (χ4v) is 5.30. The second kappa shape index (κ2) is 7.24. The molecule has 1 aromatic carbocycles. The molecule has 0 bridgehead atoms. The second-order valence-corrected chi connectivity index (χ2v) is 8.39. The summed E-state index contributed by atoms with van der Waals surface area (Å²) in [4.78, 5) is 5.09. The highest BCUT2D eigenvalue weighted by Gasteiger charge is 2.18. The Morgan fingerprint density at radius 1 is 0.958 bits per heavy atom. The third-order valence-corrected chi connectivity index (χ3v) is 7.00. The minimum atomic E-state index is 0.359. The highest BCUT2D eigenvalue weighted by molar-refractivity contribution is 8.04. The first-order chi connectivity index (χ1) is 11.9. The van der Waals surface area contributed by atoms with Crippen LogP contribution in [0.25, 0.3) is 9.75 Å². The van der Waals surface area contributed by atoms with Crippen LogP contribution in [0, 0.1) is 0 Å². The predicted octanol–water partition coefficient (Wildman–Crippen LogP) is 6.40. The van der Waals surface area contributed by atoms with E-state index < -0.39 is 0 Å². The van der Waals surface area contributed by atoms with Gasteiger partial charge in [-0.05, 0) is 41.8 Å². The number of hydrazone groups is 1. The lowest BCUT2D eigenvalue weighted by molar-refractivity contribution is 1.32. The number of thioether (sulfide) groups is 1. The van der Waals surface area contributed by atoms with Gasteiger partial charge in [0, 0.05) is 20.5 Å². The highest BCUT2D eigenvalue weighted by atomic mass is 32.2. The van der Waals surface area contributed by atoms with Gasteiger partial charge in [-0.3, -0.25) is 5.43 Å². The van der Waals surface area contributed by atoms with Crippen molar-refractivity contribution < 1.29 is 0 Å². The molecule has 24 heavy (non-hydrogen) atoms. The number of nitrogens with one attached hydrogen (secondary N) is 1. The topological polar surface area (TPSA) is 24.4 Å². The molecule has 0 radical (unpaired) electrons. The second-order valence-electron chi connectivity index (χ2n) is 5.14. The van der Waals surface area contributed by atoms with E-state index in [0.717, 1.165) is 10.6 Å². The van der Waals surface area contributed by atoms with Crippen LogP contribution in [0.5, 0.6) is 0 Å². The average Bonchev–Trinajstić information content (AvgIpc) is 3.36. The summed E-state index contributed by atoms with van der Waals surface area (Å²) in [6.45, 7) is 0. The Balaban J connectivity index is 1.43. The van der Waals surface area contributed by atoms with Crippen molar-refractivity contribution >= 4 is 46.0 Å². The SMILES string of the molecule is C(=NNc1ccccc1)=C1C=CC(c2ccc(-c3cccs3)s2)S1. The maximum Gasteiger partial charge on any atom is 0.0713 e. The highest BCUT2D eigenvalue weighted by Crippen LogP contribution is 2.45. The third kappa shape index (κ3) is 3.55. The van der Waals surface area contributed by atoms with Gasteiger partial charge < -0.3 is 0 Å². The molecule has 0 amide bonds. The Morgan fingerprint density at radius 2 is 1.88 bits per heavy atom. The molecular weight excluding hydrogens is 352 g/mol. The van der Waals surface area contributed by atoms with Crippen LogP contribution in [0.15, 0.2) is 82.1 Å². The van der Waals surface area contributed by atoms with Gasteiger partial charge in [0.1, 0.15) is 0 Å². The van der Waals surface area contributed by atoms with Gasteiger partial charge in [0.05, 0.1) is 15.8 Å². The van der Waals surface area contributed by atoms with E-state index in [4.69, 9.17) is 0 Å². The maximum atomic E-state index is 4.19. The molecule has 0 aliphatic carbocycles. The summed E-state index contributed by atoms with van der Waals surface area (Å²) in [7, 11) is 0. The summed E-state index contributed by atoms with van der Waals surface area (Å²) >= 11 is 5.43. The Kier molecular flexibility index (Phi) is 4.67. The van der Waals surface area contributed by atoms with Crippen LogP contribution in [0.3, 0.4) is 0 Å². The van der Waals surface area contributed by atoms with Gasteiger partial charge in [-0.1, -0.05) is 30.3 Å². The number of anilines is 1. The minimum absolute atomic E-state index is 0.359. The van der Waals surface area contributed by atoms with Gasteiger partial charge in [0.25, 0.3) is 0 Å². The van der Waals surface area contributed by atoms with Gasteiger partial charge in [-0.15, -0.1) is 39.5 Å². The van der Waals surface area contributed by atoms with Gasteiger partial charge in [0.2, 0.25) is 0 Å². The number of benzene rings is 1. The van der Waals surface area contributed by atoms with Crippen LogP contribution in [0.1, 0.15) is 10.1 Å². The van der Waals surface area contributed by atoms with Crippen LogP contribution in [0.2, 0.25) is 0 Å². The number of nitrogens with zero attached hydrogens (tertiary/aromatic N) is 1. The number of allylic oxidation sites excluding steroid dienone is 1. The van der Waals surface area contributed by atoms with Gasteiger partial charge in [0.15, 0.2) is 0 Å². The number of rotatable bonds is 4. The van der Waals surface area contributed by atoms with E-state index in [2.05, 4.69) is 58.2 Å². The molecule has 2 nitrogen and oxygen atoms in total. The first kappa shape index (κ1) is 15.5. The lowest BCUT2D eigenvalue weighted by Gasteiger charge is -2.02. The van der Waals surface area contributed by atoms with E-state index in [1.807, 2.05) is 41.7 Å². The molecule has 1 N–H and O–H groups in total. The van der Waals surface area contributed by atoms with Crippen LogP contribution in [-0.2, 0) is 0 Å². The minimum Gasteiger partial charge on any atom is -0.270 e. The summed E-state index contributed by atoms with van der Waals surface area (Å²) in [5, 5.41) is 6.67. The Labute approximate surface area is 153 Å². The first-order valence-electron chi connectivity index (χ1n) is 7.51. The zero-order valence-corrected chi connectivity index (χ0v) is 15.1. The van der Waals surface area contributed by atoms with E-state index in [9.17, 15) is 0 Å². The molecule has 1 atom stereocenters. The lowest BCUT2D eigenvalue weighted by Crippen LogP contribution is -1.86. The lowest BCUT2D eigenvalue weighted by atomic mass is 10.3. The summed E-state index contributed by atoms with van der Waals surface area (Å²) in [6, 6.07) is 18.6. The third-order valence-electron chi connectivity index (χ3n) is 3.47. The molecule has 1 aliphatic rings. The van der Waals surface area contributed by atoms with Crippen LogP contribution in [-0.4, -0.2) is 5.87 Å². The Bertz CT molecular complexity index is 901. The van der Waals surface area contributed by atoms with Crippen molar-refractivity contribution in [2.45, 2.75) is 5.25 Å². The monoisotopic (exact) mass is 366 g/mol. The van der Waals surface area contributed by atoms with Gasteiger partial charge in [-0.25, -0.2) is 0 Å². The van der Waals surface area contributed by atoms with E-state index in [0.29, 0.717) is 5.25 Å². The zero-order chi connectivity index (χ0) is 16.2. The van der Waals surface area contributed by atoms with Gasteiger partial charge in [-0.2, -0.15) is 0 Å². The van der Waals surface area contributed by atoms with Crippen molar-refractivity contribution in [2.24, 2.45) is 5.10 Å². The summed E-state index contributed by atoms with van der Waals surface area (Å²) in [5.41, 5.74) is 3.96. The molecule has 2 aromatic heterocycles. The molecule has 3 heterocycles. The first-order valence-corrected chi connectivity index (χ1v) is 10.1. The average molecular weight is 367 g/mol. The van der Waals surface area contributed by atoms with Crippen molar-refractivity contribution in [3.8, 4) is 9.75 Å². The molecule has 3 aromatic rings. The number of para-hydroxylation sites is 1. The number of hydrogen-bond acceptors (Lipinski definition) is 5. The smallest absolute Gasteiger partial charge is 0.0713 e. The molecule has 0 saturated heterocycles. The summed E-state index contributed by atoms with van der Waals surface area (Å²) in [5.74, 6) is 3.08. The summed E-state index contributed by atoms with van der Waals surface area (Å²) < 4.78 is 0. The summed E-state index contributed by atoms with van der Waals surface area (Å²) in [6.07, 6.45) is 4.31. The molecule has 4 rings (SSSR count). The van der Waals surface area contributed by atoms with Crippen molar-refractivity contribution in [3.05, 3.63) is 81.9 Å². The molecule has 0 spiro atoms. The fourth-order valence-electron chi connectivity index (χ4n) is 2.32. The van der Waals surface area contributed by atoms with Crippen molar-refractivity contribution in [3.63, 3.8) is 0 Å². The van der Waals surface area contributed by atoms with Crippen molar-refractivity contribution in [1.82, 2.24) is 0 Å². The zero-order valence-electron chi connectivity index (χ0n) is 12.7. The van der Waals surface area contributed by atoms with Crippen LogP contribution < -0.4 is 5.43 Å². The predicted molar refractivity (Wildman–Crippen MR) is 108 cm³/mol. The van der Waals surface area contributed by atoms with E-state index in [1.54, 1.807) is 23.1 Å². The van der Waals surface area contributed by atoms with Crippen molar-refractivity contribution in [2.75, 3.05) is 5.43 Å². The van der Waals surface area contributed by atoms with Crippen LogP contribution >= 0.6 is 34.4 Å². The standard InChI is InChI=1S/C19H14N2S3/c1-2-5-14(6-3-1)21-20-13-15-8-9-18(23-15)19-11-10-17(24-19)16-7-4-12-22-16/h1-12,18,21H. The number of thiophene rings is 2. The molecule has 5 heteroatoms. The quantitative estimate of drug-likeness (QED) is 0.427. The largest absolute Gasteiger partial charge is 0.270 e. The Hall–Kier alpha value is -2.04.